The molecule has 6 nitrogen and oxygen atoms in total. The van der Waals surface area contributed by atoms with Crippen LogP contribution in [0.25, 0.3) is 16.7 Å². The maximum Gasteiger partial charge on any atom is 0.251 e. The first-order chi connectivity index (χ1) is 14.0. The highest BCUT2D eigenvalue weighted by molar-refractivity contribution is 5.97. The fraction of sp³-hybridized carbons (Fsp3) is 0.391. The molecule has 0 aliphatic carbocycles. The van der Waals surface area contributed by atoms with Crippen LogP contribution in [0.15, 0.2) is 36.4 Å². The monoisotopic (exact) mass is 393 g/mol. The van der Waals surface area contributed by atoms with Crippen LogP contribution in [-0.2, 0) is 4.74 Å². The molecule has 29 heavy (non-hydrogen) atoms. The summed E-state index contributed by atoms with van der Waals surface area (Å²) in [6, 6.07) is 12.3. The van der Waals surface area contributed by atoms with Crippen molar-refractivity contribution in [3.05, 3.63) is 58.9 Å². The van der Waals surface area contributed by atoms with Gasteiger partial charge in [-0.25, -0.2) is 4.98 Å². The summed E-state index contributed by atoms with van der Waals surface area (Å²) in [4.78, 5) is 18.8. The standard InChI is InChI=1S/C23H28N4O2/c1-16-12-17(2)14-20(13-16)27-18(3)25-21-15-19(4-5-22(21)27)23(28)24-6-7-26-8-10-29-11-9-26/h4-5,12-15H,6-11H2,1-3H3,(H,24,28)/p+1. The van der Waals surface area contributed by atoms with Gasteiger partial charge in [0.05, 0.1) is 37.3 Å². The largest absolute Gasteiger partial charge is 0.370 e. The van der Waals surface area contributed by atoms with Crippen molar-refractivity contribution in [2.75, 3.05) is 39.4 Å². The van der Waals surface area contributed by atoms with Gasteiger partial charge in [0, 0.05) is 11.3 Å². The Hall–Kier alpha value is -2.70. The van der Waals surface area contributed by atoms with Gasteiger partial charge in [0.2, 0.25) is 0 Å². The van der Waals surface area contributed by atoms with Crippen LogP contribution in [0.5, 0.6) is 0 Å². The number of fused-ring (bicyclic) bond motifs is 1. The molecule has 2 aromatic carbocycles. The normalized spacial score (nSPS) is 15.0. The highest BCUT2D eigenvalue weighted by Gasteiger charge is 2.15. The number of hydrogen-bond acceptors (Lipinski definition) is 3. The molecule has 2 N–H and O–H groups in total. The lowest BCUT2D eigenvalue weighted by Crippen LogP contribution is -3.14. The summed E-state index contributed by atoms with van der Waals surface area (Å²) >= 11 is 0. The minimum atomic E-state index is -0.0434. The predicted molar refractivity (Wildman–Crippen MR) is 114 cm³/mol. The molecule has 0 radical (unpaired) electrons. The van der Waals surface area contributed by atoms with Gasteiger partial charge in [-0.3, -0.25) is 9.36 Å². The van der Waals surface area contributed by atoms with Gasteiger partial charge in [0.15, 0.2) is 0 Å². The van der Waals surface area contributed by atoms with E-state index >= 15 is 0 Å². The van der Waals surface area contributed by atoms with E-state index in [9.17, 15) is 4.79 Å². The molecule has 1 saturated heterocycles. The Morgan fingerprint density at radius 1 is 1.10 bits per heavy atom. The molecule has 152 valence electrons. The van der Waals surface area contributed by atoms with Crippen molar-refractivity contribution < 1.29 is 14.4 Å². The van der Waals surface area contributed by atoms with Crippen LogP contribution in [0, 0.1) is 20.8 Å². The number of carbonyl (C=O) groups excluding carboxylic acids is 1. The van der Waals surface area contributed by atoms with Gasteiger partial charge in [-0.15, -0.1) is 0 Å². The molecule has 2 heterocycles. The Morgan fingerprint density at radius 3 is 2.55 bits per heavy atom. The van der Waals surface area contributed by atoms with Crippen molar-refractivity contribution in [3.63, 3.8) is 0 Å². The van der Waals surface area contributed by atoms with Crippen LogP contribution in [0.1, 0.15) is 27.3 Å². The molecule has 0 unspecified atom stereocenters. The molecule has 6 heteroatoms. The molecule has 0 spiro atoms. The van der Waals surface area contributed by atoms with E-state index in [0.717, 1.165) is 55.4 Å². The second kappa shape index (κ2) is 8.35. The number of amides is 1. The Bertz CT molecular complexity index is 1010. The number of aryl methyl sites for hydroxylation is 3. The molecule has 1 fully saturated rings. The van der Waals surface area contributed by atoms with E-state index in [2.05, 4.69) is 41.9 Å². The smallest absolute Gasteiger partial charge is 0.251 e. The maximum absolute atomic E-state index is 12.6. The summed E-state index contributed by atoms with van der Waals surface area (Å²) in [6.07, 6.45) is 0. The lowest BCUT2D eigenvalue weighted by Gasteiger charge is -2.23. The average molecular weight is 394 g/mol. The molecule has 0 saturated carbocycles. The van der Waals surface area contributed by atoms with Crippen LogP contribution in [0.2, 0.25) is 0 Å². The molecular formula is C23H29N4O2+. The summed E-state index contributed by atoms with van der Waals surface area (Å²) in [5.74, 6) is 0.872. The Labute approximate surface area is 171 Å². The number of nitrogens with zero attached hydrogens (tertiary/aromatic N) is 2. The number of nitrogens with one attached hydrogen (secondary N) is 2. The number of aromatic nitrogens is 2. The summed E-state index contributed by atoms with van der Waals surface area (Å²) < 4.78 is 7.53. The van der Waals surface area contributed by atoms with Gasteiger partial charge >= 0.3 is 0 Å². The zero-order chi connectivity index (χ0) is 20.4. The first-order valence-corrected chi connectivity index (χ1v) is 10.3. The van der Waals surface area contributed by atoms with Gasteiger partial charge in [-0.2, -0.15) is 0 Å². The van der Waals surface area contributed by atoms with E-state index < -0.39 is 0 Å². The third-order valence-electron chi connectivity index (χ3n) is 5.51. The molecule has 1 aliphatic rings. The predicted octanol–water partition coefficient (Wildman–Crippen LogP) is 1.60. The van der Waals surface area contributed by atoms with Crippen molar-refractivity contribution in [1.82, 2.24) is 14.9 Å². The van der Waals surface area contributed by atoms with Crippen LogP contribution >= 0.6 is 0 Å². The van der Waals surface area contributed by atoms with Crippen molar-refractivity contribution in [2.24, 2.45) is 0 Å². The van der Waals surface area contributed by atoms with Gasteiger partial charge in [-0.05, 0) is 62.2 Å². The lowest BCUT2D eigenvalue weighted by atomic mass is 10.1. The summed E-state index contributed by atoms with van der Waals surface area (Å²) in [5, 5.41) is 3.04. The molecular weight excluding hydrogens is 364 g/mol. The first-order valence-electron chi connectivity index (χ1n) is 10.3. The fourth-order valence-electron chi connectivity index (χ4n) is 4.11. The highest BCUT2D eigenvalue weighted by atomic mass is 16.5. The third-order valence-corrected chi connectivity index (χ3v) is 5.51. The first kappa shape index (κ1) is 19.6. The van der Waals surface area contributed by atoms with Gasteiger partial charge in [-0.1, -0.05) is 6.07 Å². The number of morpholine rings is 1. The quantitative estimate of drug-likeness (QED) is 0.692. The van der Waals surface area contributed by atoms with Crippen LogP contribution in [0.4, 0.5) is 0 Å². The van der Waals surface area contributed by atoms with Crippen molar-refractivity contribution in [3.8, 4) is 5.69 Å². The molecule has 0 bridgehead atoms. The number of rotatable bonds is 5. The number of quaternary nitrogens is 1. The molecule has 1 amide bonds. The van der Waals surface area contributed by atoms with Crippen molar-refractivity contribution in [1.29, 1.82) is 0 Å². The van der Waals surface area contributed by atoms with E-state index in [1.807, 2.05) is 25.1 Å². The van der Waals surface area contributed by atoms with Crippen molar-refractivity contribution >= 4 is 16.9 Å². The minimum absolute atomic E-state index is 0.0434. The Kier molecular flexibility index (Phi) is 5.65. The fourth-order valence-corrected chi connectivity index (χ4v) is 4.11. The van der Waals surface area contributed by atoms with E-state index in [1.165, 1.54) is 16.0 Å². The van der Waals surface area contributed by atoms with Crippen LogP contribution < -0.4 is 10.2 Å². The number of hydrogen-bond donors (Lipinski definition) is 2. The van der Waals surface area contributed by atoms with Crippen LogP contribution in [-0.4, -0.2) is 54.9 Å². The topological polar surface area (TPSA) is 60.6 Å². The molecule has 1 aromatic heterocycles. The second-order valence-electron chi connectivity index (χ2n) is 7.91. The molecule has 1 aliphatic heterocycles. The number of imidazole rings is 1. The van der Waals surface area contributed by atoms with Gasteiger partial charge in [0.25, 0.3) is 5.91 Å². The maximum atomic E-state index is 12.6. The van der Waals surface area contributed by atoms with Crippen molar-refractivity contribution in [2.45, 2.75) is 20.8 Å². The average Bonchev–Trinajstić information content (AvgIpc) is 3.02. The van der Waals surface area contributed by atoms with Crippen LogP contribution in [0.3, 0.4) is 0 Å². The lowest BCUT2D eigenvalue weighted by molar-refractivity contribution is -0.906. The Balaban J connectivity index is 1.51. The van der Waals surface area contributed by atoms with E-state index in [0.29, 0.717) is 12.1 Å². The van der Waals surface area contributed by atoms with Gasteiger partial charge < -0.3 is 15.0 Å². The zero-order valence-corrected chi connectivity index (χ0v) is 17.4. The zero-order valence-electron chi connectivity index (χ0n) is 17.4. The molecule has 3 aromatic rings. The molecule has 4 rings (SSSR count). The third kappa shape index (κ3) is 4.33. The second-order valence-corrected chi connectivity index (χ2v) is 7.91. The van der Waals surface area contributed by atoms with E-state index in [1.54, 1.807) is 0 Å². The molecule has 0 atom stereocenters. The van der Waals surface area contributed by atoms with Gasteiger partial charge in [0.1, 0.15) is 18.9 Å². The Morgan fingerprint density at radius 2 is 1.83 bits per heavy atom. The number of ether oxygens (including phenoxy) is 1. The highest BCUT2D eigenvalue weighted by Crippen LogP contribution is 2.24. The minimum Gasteiger partial charge on any atom is -0.370 e. The summed E-state index contributed by atoms with van der Waals surface area (Å²) in [5.41, 5.74) is 6.06. The van der Waals surface area contributed by atoms with E-state index in [4.69, 9.17) is 9.72 Å². The van der Waals surface area contributed by atoms with E-state index in [-0.39, 0.29) is 5.91 Å². The summed E-state index contributed by atoms with van der Waals surface area (Å²) in [6.45, 7) is 11.4. The number of carbonyl (C=O) groups is 1. The summed E-state index contributed by atoms with van der Waals surface area (Å²) in [7, 11) is 0. The number of benzene rings is 2. The SMILES string of the molecule is Cc1cc(C)cc(-n2c(C)nc3cc(C(=O)NCC[NH+]4CCOCC4)ccc32)c1.